The number of anilines is 1. The summed E-state index contributed by atoms with van der Waals surface area (Å²) in [6.07, 6.45) is 10.3. The number of carbonyl (C=O) groups is 1. The van der Waals surface area contributed by atoms with Crippen LogP contribution in [0.15, 0.2) is 127 Å². The fourth-order valence-electron chi connectivity index (χ4n) is 4.80. The van der Waals surface area contributed by atoms with Gasteiger partial charge in [-0.1, -0.05) is 109 Å². The third kappa shape index (κ3) is 5.73. The van der Waals surface area contributed by atoms with E-state index in [1.807, 2.05) is 53.4 Å². The lowest BCUT2D eigenvalue weighted by atomic mass is 9.81. The highest BCUT2D eigenvalue weighted by molar-refractivity contribution is 6.04. The number of methoxy groups -OCH3 is 1. The van der Waals surface area contributed by atoms with Gasteiger partial charge in [-0.15, -0.1) is 0 Å². The molecule has 1 fully saturated rings. The Morgan fingerprint density at radius 2 is 1.32 bits per heavy atom. The second kappa shape index (κ2) is 11.6. The molecule has 3 heteroatoms. The van der Waals surface area contributed by atoms with E-state index in [9.17, 15) is 4.79 Å². The van der Waals surface area contributed by atoms with Crippen molar-refractivity contribution in [3.05, 3.63) is 150 Å². The van der Waals surface area contributed by atoms with Crippen LogP contribution in [0.1, 0.15) is 28.3 Å². The molecule has 0 spiro atoms. The van der Waals surface area contributed by atoms with Crippen LogP contribution in [-0.2, 0) is 17.6 Å². The monoisotopic (exact) mass is 485 g/mol. The highest BCUT2D eigenvalue weighted by Crippen LogP contribution is 2.44. The second-order valence-electron chi connectivity index (χ2n) is 9.25. The summed E-state index contributed by atoms with van der Waals surface area (Å²) in [6.45, 7) is 0. The van der Waals surface area contributed by atoms with Crippen LogP contribution in [-0.4, -0.2) is 13.0 Å². The molecule has 0 radical (unpaired) electrons. The lowest BCUT2D eigenvalue weighted by Gasteiger charge is -2.46. The van der Waals surface area contributed by atoms with Crippen molar-refractivity contribution < 1.29 is 9.53 Å². The predicted molar refractivity (Wildman–Crippen MR) is 152 cm³/mol. The van der Waals surface area contributed by atoms with Gasteiger partial charge in [0, 0.05) is 5.69 Å². The Hall–Kier alpha value is -4.37. The Kier molecular flexibility index (Phi) is 7.61. The number of benzene rings is 4. The zero-order valence-corrected chi connectivity index (χ0v) is 21.0. The maximum Gasteiger partial charge on any atom is 0.236 e. The molecule has 4 aromatic carbocycles. The van der Waals surface area contributed by atoms with E-state index >= 15 is 0 Å². The number of hydrogen-bond acceptors (Lipinski definition) is 2. The molecule has 1 heterocycles. The van der Waals surface area contributed by atoms with Gasteiger partial charge in [-0.05, 0) is 59.4 Å². The summed E-state index contributed by atoms with van der Waals surface area (Å²) in [4.78, 5) is 15.2. The summed E-state index contributed by atoms with van der Waals surface area (Å²) < 4.78 is 5.31. The van der Waals surface area contributed by atoms with Crippen LogP contribution in [0.3, 0.4) is 0 Å². The standard InChI is InChI=1S/C34H31NO2/c1-37-31-24-22-30(23-25-31)35-33(32(34(35)36)17-9-16-27-12-6-3-7-13-27)29-20-18-28(19-21-29)15-8-14-26-10-4-2-5-11-26/h2-13,15,17-25,32-33H,14,16H2,1H3/b15-8+,17-9+/t32-,33-/m1/s1. The summed E-state index contributed by atoms with van der Waals surface area (Å²) in [6, 6.07) is 37.0. The summed E-state index contributed by atoms with van der Waals surface area (Å²) in [5, 5.41) is 0. The molecule has 0 aromatic heterocycles. The van der Waals surface area contributed by atoms with E-state index < -0.39 is 0 Å². The fourth-order valence-corrected chi connectivity index (χ4v) is 4.80. The van der Waals surface area contributed by atoms with Crippen molar-refractivity contribution in [2.75, 3.05) is 12.0 Å². The average Bonchev–Trinajstić information content (AvgIpc) is 2.96. The molecule has 0 aliphatic carbocycles. The normalized spacial score (nSPS) is 17.3. The first-order valence-electron chi connectivity index (χ1n) is 12.7. The summed E-state index contributed by atoms with van der Waals surface area (Å²) >= 11 is 0. The first-order valence-corrected chi connectivity index (χ1v) is 12.7. The number of β-lactam (4-membered cyclic amide) rings is 1. The molecule has 184 valence electrons. The minimum Gasteiger partial charge on any atom is -0.497 e. The molecule has 1 aliphatic heterocycles. The third-order valence-electron chi connectivity index (χ3n) is 6.82. The molecule has 0 unspecified atom stereocenters. The van der Waals surface area contributed by atoms with Crippen LogP contribution >= 0.6 is 0 Å². The van der Waals surface area contributed by atoms with E-state index in [0.29, 0.717) is 0 Å². The molecule has 5 rings (SSSR count). The SMILES string of the molecule is COc1ccc(N2C(=O)[C@H](/C=C/Cc3ccccc3)[C@H]2c2ccc(/C=C/Cc3ccccc3)cc2)cc1. The minimum atomic E-state index is -0.190. The number of allylic oxidation sites excluding steroid dienone is 2. The number of ether oxygens (including phenoxy) is 1. The third-order valence-corrected chi connectivity index (χ3v) is 6.82. The Balaban J connectivity index is 1.35. The largest absolute Gasteiger partial charge is 0.497 e. The maximum atomic E-state index is 13.3. The molecule has 0 bridgehead atoms. The molecule has 0 N–H and O–H groups in total. The van der Waals surface area contributed by atoms with E-state index in [1.165, 1.54) is 11.1 Å². The van der Waals surface area contributed by atoms with Gasteiger partial charge >= 0.3 is 0 Å². The highest BCUT2D eigenvalue weighted by Gasteiger charge is 2.47. The molecule has 1 amide bonds. The number of nitrogens with zero attached hydrogens (tertiary/aromatic N) is 1. The number of carbonyl (C=O) groups excluding carboxylic acids is 1. The van der Waals surface area contributed by atoms with Crippen LogP contribution in [0, 0.1) is 5.92 Å². The van der Waals surface area contributed by atoms with Gasteiger partial charge in [0.15, 0.2) is 0 Å². The van der Waals surface area contributed by atoms with Gasteiger partial charge in [0.2, 0.25) is 5.91 Å². The Bertz CT molecular complexity index is 1360. The highest BCUT2D eigenvalue weighted by atomic mass is 16.5. The lowest BCUT2D eigenvalue weighted by molar-refractivity contribution is -0.128. The van der Waals surface area contributed by atoms with Gasteiger partial charge in [-0.2, -0.15) is 0 Å². The Morgan fingerprint density at radius 1 is 0.730 bits per heavy atom. The van der Waals surface area contributed by atoms with Crippen molar-refractivity contribution in [2.45, 2.75) is 18.9 Å². The van der Waals surface area contributed by atoms with Crippen molar-refractivity contribution >= 4 is 17.7 Å². The summed E-state index contributed by atoms with van der Waals surface area (Å²) in [5.74, 6) is 0.704. The van der Waals surface area contributed by atoms with Crippen LogP contribution in [0.5, 0.6) is 5.75 Å². The number of hydrogen-bond donors (Lipinski definition) is 0. The lowest BCUT2D eigenvalue weighted by Crippen LogP contribution is -2.54. The zero-order chi connectivity index (χ0) is 25.5. The van der Waals surface area contributed by atoms with Crippen molar-refractivity contribution in [1.29, 1.82) is 0 Å². The van der Waals surface area contributed by atoms with Gasteiger partial charge in [-0.25, -0.2) is 0 Å². The predicted octanol–water partition coefficient (Wildman–Crippen LogP) is 7.45. The molecule has 37 heavy (non-hydrogen) atoms. The molecule has 4 aromatic rings. The fraction of sp³-hybridized carbons (Fsp3) is 0.147. The van der Waals surface area contributed by atoms with E-state index in [2.05, 4.69) is 85.0 Å². The number of amides is 1. The van der Waals surface area contributed by atoms with Gasteiger partial charge in [0.05, 0.1) is 19.1 Å². The topological polar surface area (TPSA) is 29.5 Å². The minimum absolute atomic E-state index is 0.0460. The molecular weight excluding hydrogens is 454 g/mol. The molecular formula is C34H31NO2. The van der Waals surface area contributed by atoms with Crippen LogP contribution < -0.4 is 9.64 Å². The van der Waals surface area contributed by atoms with E-state index in [0.717, 1.165) is 35.4 Å². The van der Waals surface area contributed by atoms with E-state index in [4.69, 9.17) is 4.74 Å². The van der Waals surface area contributed by atoms with Crippen molar-refractivity contribution in [2.24, 2.45) is 5.92 Å². The second-order valence-corrected chi connectivity index (χ2v) is 9.25. The van der Waals surface area contributed by atoms with Crippen LogP contribution in [0.4, 0.5) is 5.69 Å². The maximum absolute atomic E-state index is 13.3. The molecule has 0 saturated carbocycles. The van der Waals surface area contributed by atoms with E-state index in [1.54, 1.807) is 7.11 Å². The van der Waals surface area contributed by atoms with Crippen molar-refractivity contribution in [1.82, 2.24) is 0 Å². The molecule has 3 nitrogen and oxygen atoms in total. The Morgan fingerprint density at radius 3 is 1.92 bits per heavy atom. The molecule has 1 aliphatic rings. The zero-order valence-electron chi connectivity index (χ0n) is 21.0. The van der Waals surface area contributed by atoms with Gasteiger partial charge < -0.3 is 9.64 Å². The summed E-state index contributed by atoms with van der Waals surface area (Å²) in [5.41, 5.74) is 5.70. The quantitative estimate of drug-likeness (QED) is 0.182. The van der Waals surface area contributed by atoms with Crippen molar-refractivity contribution in [3.8, 4) is 5.75 Å². The Labute approximate surface area is 219 Å². The van der Waals surface area contributed by atoms with Gasteiger partial charge in [0.1, 0.15) is 5.75 Å². The smallest absolute Gasteiger partial charge is 0.236 e. The molecule has 2 atom stereocenters. The first-order chi connectivity index (χ1) is 18.2. The van der Waals surface area contributed by atoms with Gasteiger partial charge in [-0.3, -0.25) is 4.79 Å². The average molecular weight is 486 g/mol. The number of rotatable bonds is 9. The van der Waals surface area contributed by atoms with Crippen LogP contribution in [0.2, 0.25) is 0 Å². The van der Waals surface area contributed by atoms with Gasteiger partial charge in [0.25, 0.3) is 0 Å². The van der Waals surface area contributed by atoms with E-state index in [-0.39, 0.29) is 17.9 Å². The van der Waals surface area contributed by atoms with Crippen molar-refractivity contribution in [3.63, 3.8) is 0 Å². The van der Waals surface area contributed by atoms with Crippen LogP contribution in [0.25, 0.3) is 6.08 Å². The first kappa shape index (κ1) is 24.3. The summed E-state index contributed by atoms with van der Waals surface area (Å²) in [7, 11) is 1.65. The molecule has 1 saturated heterocycles.